The highest BCUT2D eigenvalue weighted by Gasteiger charge is 2.44. The predicted octanol–water partition coefficient (Wildman–Crippen LogP) is 3.77. The summed E-state index contributed by atoms with van der Waals surface area (Å²) in [7, 11) is 0. The highest BCUT2D eigenvalue weighted by molar-refractivity contribution is 5.98. The van der Waals surface area contributed by atoms with E-state index in [9.17, 15) is 27.2 Å². The Balaban J connectivity index is 1.49. The number of aromatic nitrogens is 3. The van der Waals surface area contributed by atoms with Crippen molar-refractivity contribution in [3.8, 4) is 0 Å². The second kappa shape index (κ2) is 8.91. The molecule has 1 aliphatic heterocycles. The fraction of sp³-hybridized carbons (Fsp3) is 0.476. The second-order valence-corrected chi connectivity index (χ2v) is 8.08. The number of nitrogens with one attached hydrogen (secondary N) is 1. The maximum atomic E-state index is 14.6. The summed E-state index contributed by atoms with van der Waals surface area (Å²) in [4.78, 5) is 39.0. The number of hydrogen-bond donors (Lipinski definition) is 1. The van der Waals surface area contributed by atoms with Crippen LogP contribution in [0.5, 0.6) is 0 Å². The maximum absolute atomic E-state index is 14.6. The van der Waals surface area contributed by atoms with Crippen molar-refractivity contribution in [3.05, 3.63) is 41.9 Å². The van der Waals surface area contributed by atoms with Crippen molar-refractivity contribution in [3.63, 3.8) is 0 Å². The number of nitrogens with zero attached hydrogens (tertiary/aromatic N) is 5. The summed E-state index contributed by atoms with van der Waals surface area (Å²) in [6, 6.07) is 1.91. The van der Waals surface area contributed by atoms with Crippen molar-refractivity contribution in [2.75, 3.05) is 23.3 Å². The molecule has 1 saturated carbocycles. The molecular formula is C21H22F4N6O2. The van der Waals surface area contributed by atoms with Gasteiger partial charge in [0.1, 0.15) is 18.5 Å². The van der Waals surface area contributed by atoms with Gasteiger partial charge in [0, 0.05) is 18.6 Å². The minimum Gasteiger partial charge on any atom is -0.309 e. The Hall–Kier alpha value is -3.31. The van der Waals surface area contributed by atoms with E-state index in [0.29, 0.717) is 24.1 Å². The zero-order valence-corrected chi connectivity index (χ0v) is 17.7. The summed E-state index contributed by atoms with van der Waals surface area (Å²) in [6.07, 6.45) is -1.12. The van der Waals surface area contributed by atoms with Crippen LogP contribution in [0.1, 0.15) is 43.2 Å². The average Bonchev–Trinajstić information content (AvgIpc) is 3.58. The van der Waals surface area contributed by atoms with Gasteiger partial charge in [0.2, 0.25) is 11.9 Å². The van der Waals surface area contributed by atoms with Gasteiger partial charge in [0.15, 0.2) is 0 Å². The molecule has 8 nitrogen and oxygen atoms in total. The summed E-state index contributed by atoms with van der Waals surface area (Å²) in [6.45, 7) is 0.955. The van der Waals surface area contributed by atoms with Crippen molar-refractivity contribution >= 4 is 23.7 Å². The predicted molar refractivity (Wildman–Crippen MR) is 110 cm³/mol. The second-order valence-electron chi connectivity index (χ2n) is 8.08. The van der Waals surface area contributed by atoms with E-state index in [1.54, 1.807) is 19.2 Å². The van der Waals surface area contributed by atoms with E-state index in [0.717, 1.165) is 28.2 Å². The number of pyridine rings is 1. The lowest BCUT2D eigenvalue weighted by molar-refractivity contribution is -0.138. The van der Waals surface area contributed by atoms with Gasteiger partial charge in [-0.05, 0) is 42.9 Å². The van der Waals surface area contributed by atoms with Crippen LogP contribution in [0.4, 0.5) is 34.1 Å². The molecule has 0 spiro atoms. The van der Waals surface area contributed by atoms with Gasteiger partial charge >= 0.3 is 12.2 Å². The zero-order chi connectivity index (χ0) is 23.8. The lowest BCUT2D eigenvalue weighted by Crippen LogP contribution is -2.44. The largest absolute Gasteiger partial charge is 0.419 e. The van der Waals surface area contributed by atoms with Crippen molar-refractivity contribution in [2.24, 2.45) is 0 Å². The molecule has 1 N–H and O–H groups in total. The molecule has 2 aromatic rings. The Kier molecular flexibility index (Phi) is 6.17. The van der Waals surface area contributed by atoms with E-state index in [4.69, 9.17) is 0 Å². The Bertz CT molecular complexity index is 1030. The molecule has 0 radical (unpaired) electrons. The Labute approximate surface area is 187 Å². The van der Waals surface area contributed by atoms with Crippen LogP contribution >= 0.6 is 0 Å². The molecule has 0 bridgehead atoms. The maximum Gasteiger partial charge on any atom is 0.419 e. The minimum atomic E-state index is -4.63. The van der Waals surface area contributed by atoms with Crippen molar-refractivity contribution < 1.29 is 27.2 Å². The third-order valence-electron chi connectivity index (χ3n) is 5.68. The minimum absolute atomic E-state index is 0.0861. The third kappa shape index (κ3) is 5.04. The molecule has 1 aliphatic carbocycles. The van der Waals surface area contributed by atoms with Gasteiger partial charge in [0.25, 0.3) is 0 Å². The number of carbonyl (C=O) groups excluding carboxylic acids is 2. The SMILES string of the molecule is CC[C@H](F)[C@H]1CN(c2ncc(C(F)(F)F)cn2)C(=O)N1CC(=O)Nc1cc(C2CC2)ccn1. The normalized spacial score (nSPS) is 19.7. The van der Waals surface area contributed by atoms with E-state index in [1.165, 1.54) is 0 Å². The molecule has 3 amide bonds. The Morgan fingerprint density at radius 2 is 1.94 bits per heavy atom. The smallest absolute Gasteiger partial charge is 0.309 e. The first kappa shape index (κ1) is 22.9. The van der Waals surface area contributed by atoms with Crippen LogP contribution in [0, 0.1) is 0 Å². The number of halogens is 4. The number of carbonyl (C=O) groups is 2. The number of amides is 3. The third-order valence-corrected chi connectivity index (χ3v) is 5.68. The Morgan fingerprint density at radius 3 is 2.55 bits per heavy atom. The first-order valence-corrected chi connectivity index (χ1v) is 10.5. The van der Waals surface area contributed by atoms with Gasteiger partial charge in [-0.1, -0.05) is 6.92 Å². The van der Waals surface area contributed by atoms with Gasteiger partial charge in [-0.25, -0.2) is 24.1 Å². The van der Waals surface area contributed by atoms with Crippen molar-refractivity contribution in [1.29, 1.82) is 0 Å². The fourth-order valence-electron chi connectivity index (χ4n) is 3.72. The van der Waals surface area contributed by atoms with Gasteiger partial charge in [0.05, 0.1) is 18.2 Å². The van der Waals surface area contributed by atoms with E-state index in [2.05, 4.69) is 20.3 Å². The zero-order valence-electron chi connectivity index (χ0n) is 17.7. The summed E-state index contributed by atoms with van der Waals surface area (Å²) < 4.78 is 53.0. The van der Waals surface area contributed by atoms with Crippen LogP contribution in [0.15, 0.2) is 30.7 Å². The molecule has 2 atom stereocenters. The number of hydrogen-bond acceptors (Lipinski definition) is 5. The van der Waals surface area contributed by atoms with Crippen LogP contribution in [-0.4, -0.2) is 57.1 Å². The van der Waals surface area contributed by atoms with Crippen LogP contribution in [0.3, 0.4) is 0 Å². The first-order valence-electron chi connectivity index (χ1n) is 10.5. The molecule has 33 heavy (non-hydrogen) atoms. The van der Waals surface area contributed by atoms with Gasteiger partial charge < -0.3 is 10.2 Å². The molecule has 2 fully saturated rings. The van der Waals surface area contributed by atoms with Gasteiger partial charge in [-0.15, -0.1) is 0 Å². The molecule has 0 aromatic carbocycles. The lowest BCUT2D eigenvalue weighted by atomic mass is 10.1. The van der Waals surface area contributed by atoms with Crippen LogP contribution in [-0.2, 0) is 11.0 Å². The quantitative estimate of drug-likeness (QED) is 0.628. The number of alkyl halides is 4. The summed E-state index contributed by atoms with van der Waals surface area (Å²) in [5, 5.41) is 2.63. The number of anilines is 2. The number of rotatable bonds is 7. The van der Waals surface area contributed by atoms with E-state index in [-0.39, 0.29) is 18.9 Å². The summed E-state index contributed by atoms with van der Waals surface area (Å²) >= 11 is 0. The highest BCUT2D eigenvalue weighted by Crippen LogP contribution is 2.40. The molecule has 3 heterocycles. The first-order chi connectivity index (χ1) is 15.7. The van der Waals surface area contributed by atoms with Gasteiger partial charge in [-0.3, -0.25) is 9.69 Å². The van der Waals surface area contributed by atoms with Gasteiger partial charge in [-0.2, -0.15) is 13.2 Å². The average molecular weight is 466 g/mol. The van der Waals surface area contributed by atoms with E-state index >= 15 is 0 Å². The molecule has 12 heteroatoms. The molecule has 4 rings (SSSR count). The molecule has 2 aromatic heterocycles. The lowest BCUT2D eigenvalue weighted by Gasteiger charge is -2.24. The fourth-order valence-corrected chi connectivity index (χ4v) is 3.72. The number of urea groups is 1. The highest BCUT2D eigenvalue weighted by atomic mass is 19.4. The summed E-state index contributed by atoms with van der Waals surface area (Å²) in [5.41, 5.74) is -0.000563. The van der Waals surface area contributed by atoms with Crippen LogP contribution in [0.25, 0.3) is 0 Å². The monoisotopic (exact) mass is 466 g/mol. The van der Waals surface area contributed by atoms with E-state index in [1.807, 2.05) is 6.07 Å². The molecular weight excluding hydrogens is 444 g/mol. The topological polar surface area (TPSA) is 91.3 Å². The Morgan fingerprint density at radius 1 is 1.24 bits per heavy atom. The standard InChI is InChI=1S/C21H22F4N6O2/c1-2-15(22)16-10-31(19-27-8-14(9-28-19)21(23,24)25)20(33)30(16)11-18(32)29-17-7-13(5-6-26-17)12-3-4-12/h5-9,12,15-16H,2-4,10-11H2,1H3,(H,26,29,32)/t15-,16+/m0/s1. The van der Waals surface area contributed by atoms with Crippen LogP contribution < -0.4 is 10.2 Å². The van der Waals surface area contributed by atoms with Crippen molar-refractivity contribution in [2.45, 2.75) is 50.5 Å². The molecule has 176 valence electrons. The molecule has 1 saturated heterocycles. The summed E-state index contributed by atoms with van der Waals surface area (Å²) in [5.74, 6) is -0.0551. The van der Waals surface area contributed by atoms with E-state index < -0.39 is 42.4 Å². The van der Waals surface area contributed by atoms with Crippen molar-refractivity contribution in [1.82, 2.24) is 19.9 Å². The molecule has 2 aliphatic rings. The van der Waals surface area contributed by atoms with Crippen LogP contribution in [0.2, 0.25) is 0 Å². The molecule has 0 unspecified atom stereocenters.